The van der Waals surface area contributed by atoms with Crippen LogP contribution in [0, 0.1) is 30.3 Å². The number of primary amides is 1. The maximum absolute atomic E-state index is 13.6. The number of ether oxygens (including phenoxy) is 1. The molecule has 45 heavy (non-hydrogen) atoms. The van der Waals surface area contributed by atoms with Gasteiger partial charge in [-0.05, 0) is 78.6 Å². The molecule has 1 atom stereocenters. The lowest BCUT2D eigenvalue weighted by Gasteiger charge is -2.24. The van der Waals surface area contributed by atoms with E-state index in [9.17, 15) is 22.8 Å². The van der Waals surface area contributed by atoms with Crippen LogP contribution in [0.25, 0.3) is 11.1 Å². The standard InChI is InChI=1S/C29H29F2N3O3.C7H7F/c1-15(2)11-23-26(28(32)35)25(27-22(34-23)9-10-33-29(27)36)18-4-6-19-17(13-18)5-8-24(19)37-14-16-3-7-20(30)21(31)12-16;1-6-2-4-7(8)5-3-6/h3-4,6-7,12-13,15,24H,5,8-11,14H2,1-2H3,(H2,32,35)(H,33,36);2-5H,1H3. The Labute approximate surface area is 260 Å². The van der Waals surface area contributed by atoms with Crippen LogP contribution in [0.15, 0.2) is 60.7 Å². The van der Waals surface area contributed by atoms with E-state index in [0.29, 0.717) is 53.0 Å². The van der Waals surface area contributed by atoms with E-state index >= 15 is 0 Å². The summed E-state index contributed by atoms with van der Waals surface area (Å²) < 4.78 is 44.9. The first kappa shape index (κ1) is 31.9. The Balaban J connectivity index is 0.000000436. The summed E-state index contributed by atoms with van der Waals surface area (Å²) in [7, 11) is 0. The second-order valence-corrected chi connectivity index (χ2v) is 11.9. The number of aromatic nitrogens is 1. The van der Waals surface area contributed by atoms with Crippen LogP contribution in [0.5, 0.6) is 0 Å². The summed E-state index contributed by atoms with van der Waals surface area (Å²) in [6.07, 6.45) is 2.45. The number of nitrogens with one attached hydrogen (secondary N) is 1. The summed E-state index contributed by atoms with van der Waals surface area (Å²) in [6.45, 7) is 6.68. The lowest BCUT2D eigenvalue weighted by Crippen LogP contribution is -2.35. The van der Waals surface area contributed by atoms with Gasteiger partial charge in [-0.3, -0.25) is 14.6 Å². The monoisotopic (exact) mass is 615 g/mol. The smallest absolute Gasteiger partial charge is 0.253 e. The number of carbonyl (C=O) groups excluding carboxylic acids is 2. The van der Waals surface area contributed by atoms with E-state index in [-0.39, 0.29) is 30.4 Å². The third-order valence-electron chi connectivity index (χ3n) is 7.97. The summed E-state index contributed by atoms with van der Waals surface area (Å²) in [5.74, 6) is -2.56. The Hall–Kier alpha value is -4.50. The molecular formula is C36H36F3N3O3. The Morgan fingerprint density at radius 1 is 1.00 bits per heavy atom. The first-order valence-corrected chi connectivity index (χ1v) is 15.1. The van der Waals surface area contributed by atoms with Gasteiger partial charge in [0.25, 0.3) is 11.8 Å². The highest BCUT2D eigenvalue weighted by molar-refractivity contribution is 6.10. The molecule has 4 aromatic rings. The number of hydrogen-bond acceptors (Lipinski definition) is 4. The fraction of sp³-hybridized carbons (Fsp3) is 0.306. The lowest BCUT2D eigenvalue weighted by molar-refractivity contribution is 0.0409. The molecule has 1 aliphatic carbocycles. The summed E-state index contributed by atoms with van der Waals surface area (Å²) in [4.78, 5) is 30.4. The van der Waals surface area contributed by atoms with Crippen LogP contribution in [-0.4, -0.2) is 23.3 Å². The van der Waals surface area contributed by atoms with Gasteiger partial charge in [0, 0.05) is 18.5 Å². The molecule has 0 saturated heterocycles. The highest BCUT2D eigenvalue weighted by Gasteiger charge is 2.31. The van der Waals surface area contributed by atoms with Crippen LogP contribution in [0.2, 0.25) is 0 Å². The fourth-order valence-corrected chi connectivity index (χ4v) is 5.85. The van der Waals surface area contributed by atoms with Gasteiger partial charge in [-0.2, -0.15) is 0 Å². The number of amides is 2. The van der Waals surface area contributed by atoms with Gasteiger partial charge in [0.05, 0.1) is 35.2 Å². The molecule has 1 aliphatic heterocycles. The van der Waals surface area contributed by atoms with Crippen molar-refractivity contribution in [2.24, 2.45) is 11.7 Å². The molecule has 1 unspecified atom stereocenters. The Bertz CT molecular complexity index is 1720. The van der Waals surface area contributed by atoms with Crippen molar-refractivity contribution in [3.8, 4) is 11.1 Å². The highest BCUT2D eigenvalue weighted by Crippen LogP contribution is 2.40. The van der Waals surface area contributed by atoms with Crippen LogP contribution >= 0.6 is 0 Å². The predicted molar refractivity (Wildman–Crippen MR) is 166 cm³/mol. The minimum atomic E-state index is -0.899. The first-order chi connectivity index (χ1) is 21.5. The second kappa shape index (κ2) is 13.6. The van der Waals surface area contributed by atoms with Crippen LogP contribution in [-0.2, 0) is 30.6 Å². The predicted octanol–water partition coefficient (Wildman–Crippen LogP) is 6.95. The molecule has 0 bridgehead atoms. The van der Waals surface area contributed by atoms with Crippen LogP contribution in [0.3, 0.4) is 0 Å². The summed E-state index contributed by atoms with van der Waals surface area (Å²) in [5, 5.41) is 2.87. The number of aryl methyl sites for hydroxylation is 2. The molecule has 0 saturated carbocycles. The van der Waals surface area contributed by atoms with Gasteiger partial charge >= 0.3 is 0 Å². The number of nitrogens with zero attached hydrogens (tertiary/aromatic N) is 1. The van der Waals surface area contributed by atoms with Crippen molar-refractivity contribution in [2.75, 3.05) is 6.54 Å². The van der Waals surface area contributed by atoms with Crippen molar-refractivity contribution in [1.29, 1.82) is 0 Å². The first-order valence-electron chi connectivity index (χ1n) is 15.1. The summed E-state index contributed by atoms with van der Waals surface area (Å²) in [6, 6.07) is 16.0. The van der Waals surface area contributed by atoms with Gasteiger partial charge in [0.1, 0.15) is 5.82 Å². The molecule has 9 heteroatoms. The minimum Gasteiger partial charge on any atom is -0.369 e. The van der Waals surface area contributed by atoms with E-state index in [1.54, 1.807) is 12.1 Å². The van der Waals surface area contributed by atoms with Gasteiger partial charge in [-0.1, -0.05) is 55.8 Å². The van der Waals surface area contributed by atoms with Crippen LogP contribution in [0.1, 0.15) is 80.7 Å². The van der Waals surface area contributed by atoms with Crippen molar-refractivity contribution in [3.63, 3.8) is 0 Å². The molecule has 2 amide bonds. The zero-order valence-corrected chi connectivity index (χ0v) is 25.6. The SMILES string of the molecule is CC(C)Cc1nc2c(c(-c3ccc4c(c3)CCC4OCc3ccc(F)c(F)c3)c1C(N)=O)C(=O)NCC2.Cc1ccc(F)cc1. The molecule has 3 aromatic carbocycles. The van der Waals surface area contributed by atoms with E-state index in [1.165, 1.54) is 18.2 Å². The number of benzene rings is 3. The number of rotatable bonds is 7. The van der Waals surface area contributed by atoms with E-state index < -0.39 is 17.5 Å². The van der Waals surface area contributed by atoms with E-state index in [2.05, 4.69) is 5.32 Å². The quantitative estimate of drug-likeness (QED) is 0.235. The number of carbonyl (C=O) groups is 2. The number of nitrogens with two attached hydrogens (primary N) is 1. The molecule has 6 rings (SSSR count). The third-order valence-corrected chi connectivity index (χ3v) is 7.97. The molecule has 0 spiro atoms. The normalized spacial score (nSPS) is 15.2. The summed E-state index contributed by atoms with van der Waals surface area (Å²) in [5.41, 5.74) is 12.9. The van der Waals surface area contributed by atoms with E-state index in [1.807, 2.05) is 39.0 Å². The molecule has 6 nitrogen and oxygen atoms in total. The molecule has 234 valence electrons. The average Bonchev–Trinajstić information content (AvgIpc) is 3.41. The topological polar surface area (TPSA) is 94.3 Å². The Morgan fingerprint density at radius 3 is 2.42 bits per heavy atom. The highest BCUT2D eigenvalue weighted by atomic mass is 19.2. The minimum absolute atomic E-state index is 0.158. The van der Waals surface area contributed by atoms with E-state index in [4.69, 9.17) is 15.5 Å². The van der Waals surface area contributed by atoms with Gasteiger partial charge in [0.2, 0.25) is 0 Å². The molecule has 0 fully saturated rings. The molecule has 3 N–H and O–H groups in total. The van der Waals surface area contributed by atoms with Crippen molar-refractivity contribution in [2.45, 2.75) is 59.2 Å². The zero-order chi connectivity index (χ0) is 32.2. The molecule has 0 radical (unpaired) electrons. The second-order valence-electron chi connectivity index (χ2n) is 11.9. The molecular weight excluding hydrogens is 579 g/mol. The van der Waals surface area contributed by atoms with Gasteiger partial charge < -0.3 is 15.8 Å². The van der Waals surface area contributed by atoms with Crippen LogP contribution < -0.4 is 11.1 Å². The Kier molecular flexibility index (Phi) is 9.68. The van der Waals surface area contributed by atoms with Crippen molar-refractivity contribution < 1.29 is 27.5 Å². The van der Waals surface area contributed by atoms with Gasteiger partial charge in [-0.25, -0.2) is 13.2 Å². The van der Waals surface area contributed by atoms with Crippen molar-refractivity contribution in [3.05, 3.63) is 123 Å². The van der Waals surface area contributed by atoms with Gasteiger partial charge in [0.15, 0.2) is 11.6 Å². The van der Waals surface area contributed by atoms with E-state index in [0.717, 1.165) is 47.2 Å². The largest absolute Gasteiger partial charge is 0.369 e. The number of fused-ring (bicyclic) bond motifs is 2. The number of halogens is 3. The maximum Gasteiger partial charge on any atom is 0.253 e. The molecule has 2 heterocycles. The number of hydrogen-bond donors (Lipinski definition) is 2. The Morgan fingerprint density at radius 2 is 1.76 bits per heavy atom. The van der Waals surface area contributed by atoms with Gasteiger partial charge in [-0.15, -0.1) is 0 Å². The van der Waals surface area contributed by atoms with Crippen molar-refractivity contribution in [1.82, 2.24) is 10.3 Å². The molecule has 2 aliphatic rings. The zero-order valence-electron chi connectivity index (χ0n) is 25.6. The molecule has 1 aromatic heterocycles. The summed E-state index contributed by atoms with van der Waals surface area (Å²) >= 11 is 0. The number of pyridine rings is 1. The van der Waals surface area contributed by atoms with Crippen LogP contribution in [0.4, 0.5) is 13.2 Å². The van der Waals surface area contributed by atoms with Crippen molar-refractivity contribution >= 4 is 11.8 Å². The lowest BCUT2D eigenvalue weighted by atomic mass is 9.86. The average molecular weight is 616 g/mol. The third kappa shape index (κ3) is 7.26. The fourth-order valence-electron chi connectivity index (χ4n) is 5.85. The maximum atomic E-state index is 13.6.